The number of nitrogens with zero attached hydrogens (tertiary/aromatic N) is 1. The van der Waals surface area contributed by atoms with Gasteiger partial charge in [-0.2, -0.15) is 0 Å². The van der Waals surface area contributed by atoms with E-state index in [0.717, 1.165) is 12.8 Å². The highest BCUT2D eigenvalue weighted by Gasteiger charge is 2.33. The number of amides is 2. The van der Waals surface area contributed by atoms with Crippen molar-refractivity contribution in [1.29, 1.82) is 0 Å². The Kier molecular flexibility index (Phi) is 5.63. The second kappa shape index (κ2) is 6.76. The van der Waals surface area contributed by atoms with Gasteiger partial charge in [0.2, 0.25) is 11.8 Å². The SMILES string of the molecule is CC(C)CCCCN1CC(=O)NC(C(C)C)C1=O. The predicted octanol–water partition coefficient (Wildman–Crippen LogP) is 1.80. The molecule has 0 bridgehead atoms. The number of piperazine rings is 1. The summed E-state index contributed by atoms with van der Waals surface area (Å²) in [6.07, 6.45) is 3.29. The summed E-state index contributed by atoms with van der Waals surface area (Å²) in [5.74, 6) is 0.903. The van der Waals surface area contributed by atoms with Crippen LogP contribution in [0.4, 0.5) is 0 Å². The first-order valence-electron chi connectivity index (χ1n) is 7.00. The molecule has 1 N–H and O–H groups in total. The van der Waals surface area contributed by atoms with Gasteiger partial charge < -0.3 is 10.2 Å². The van der Waals surface area contributed by atoms with Crippen LogP contribution in [0.25, 0.3) is 0 Å². The Morgan fingerprint density at radius 1 is 1.22 bits per heavy atom. The monoisotopic (exact) mass is 254 g/mol. The van der Waals surface area contributed by atoms with Gasteiger partial charge in [-0.15, -0.1) is 0 Å². The van der Waals surface area contributed by atoms with E-state index in [2.05, 4.69) is 19.2 Å². The second-order valence-corrected chi connectivity index (χ2v) is 5.94. The molecule has 1 fully saturated rings. The van der Waals surface area contributed by atoms with E-state index in [4.69, 9.17) is 0 Å². The summed E-state index contributed by atoms with van der Waals surface area (Å²) >= 11 is 0. The van der Waals surface area contributed by atoms with Gasteiger partial charge in [-0.05, 0) is 18.3 Å². The van der Waals surface area contributed by atoms with Crippen molar-refractivity contribution in [2.24, 2.45) is 11.8 Å². The zero-order chi connectivity index (χ0) is 13.7. The molecule has 1 atom stereocenters. The first-order valence-corrected chi connectivity index (χ1v) is 7.00. The number of unbranched alkanes of at least 4 members (excludes halogenated alkanes) is 1. The fourth-order valence-electron chi connectivity index (χ4n) is 2.23. The van der Waals surface area contributed by atoms with E-state index in [9.17, 15) is 9.59 Å². The topological polar surface area (TPSA) is 49.4 Å². The summed E-state index contributed by atoms with van der Waals surface area (Å²) in [6, 6.07) is -0.337. The van der Waals surface area contributed by atoms with Gasteiger partial charge in [-0.3, -0.25) is 9.59 Å². The lowest BCUT2D eigenvalue weighted by atomic mass is 10.00. The summed E-state index contributed by atoms with van der Waals surface area (Å²) < 4.78 is 0. The highest BCUT2D eigenvalue weighted by atomic mass is 16.2. The molecule has 104 valence electrons. The molecule has 1 aliphatic rings. The van der Waals surface area contributed by atoms with Crippen molar-refractivity contribution in [1.82, 2.24) is 10.2 Å². The van der Waals surface area contributed by atoms with Gasteiger partial charge >= 0.3 is 0 Å². The predicted molar refractivity (Wildman–Crippen MR) is 72.0 cm³/mol. The minimum Gasteiger partial charge on any atom is -0.343 e. The smallest absolute Gasteiger partial charge is 0.245 e. The summed E-state index contributed by atoms with van der Waals surface area (Å²) in [7, 11) is 0. The Morgan fingerprint density at radius 3 is 2.44 bits per heavy atom. The fraction of sp³-hybridized carbons (Fsp3) is 0.857. The third-order valence-electron chi connectivity index (χ3n) is 3.35. The minimum absolute atomic E-state index is 0.0304. The molecule has 1 heterocycles. The average molecular weight is 254 g/mol. The Labute approximate surface area is 110 Å². The van der Waals surface area contributed by atoms with E-state index >= 15 is 0 Å². The van der Waals surface area contributed by atoms with Crippen molar-refractivity contribution < 1.29 is 9.59 Å². The highest BCUT2D eigenvalue weighted by molar-refractivity contribution is 5.94. The molecule has 0 spiro atoms. The molecule has 1 unspecified atom stereocenters. The van der Waals surface area contributed by atoms with Crippen molar-refractivity contribution in [2.45, 2.75) is 53.0 Å². The number of carbonyl (C=O) groups is 2. The zero-order valence-electron chi connectivity index (χ0n) is 12.0. The quantitative estimate of drug-likeness (QED) is 0.735. The zero-order valence-corrected chi connectivity index (χ0v) is 12.0. The van der Waals surface area contributed by atoms with Crippen LogP contribution in [0.1, 0.15) is 47.0 Å². The molecule has 0 aliphatic carbocycles. The Morgan fingerprint density at radius 2 is 1.89 bits per heavy atom. The van der Waals surface area contributed by atoms with Crippen LogP contribution in [0.15, 0.2) is 0 Å². The van der Waals surface area contributed by atoms with Gasteiger partial charge in [0.1, 0.15) is 6.04 Å². The Hall–Kier alpha value is -1.06. The lowest BCUT2D eigenvalue weighted by molar-refractivity contribution is -0.145. The van der Waals surface area contributed by atoms with Gasteiger partial charge in [-0.1, -0.05) is 40.5 Å². The van der Waals surface area contributed by atoms with Gasteiger partial charge in [0.25, 0.3) is 0 Å². The van der Waals surface area contributed by atoms with Crippen LogP contribution in [0.5, 0.6) is 0 Å². The standard InChI is InChI=1S/C14H26N2O2/c1-10(2)7-5-6-8-16-9-12(17)15-13(11(3)4)14(16)18/h10-11,13H,5-9H2,1-4H3,(H,15,17). The van der Waals surface area contributed by atoms with Crippen LogP contribution in [-0.4, -0.2) is 35.8 Å². The third kappa shape index (κ3) is 4.31. The summed E-state index contributed by atoms with van der Waals surface area (Å²) in [4.78, 5) is 25.4. The number of nitrogens with one attached hydrogen (secondary N) is 1. The second-order valence-electron chi connectivity index (χ2n) is 5.94. The van der Waals surface area contributed by atoms with E-state index in [1.165, 1.54) is 6.42 Å². The van der Waals surface area contributed by atoms with Crippen LogP contribution in [-0.2, 0) is 9.59 Å². The molecule has 1 aliphatic heterocycles. The molecule has 18 heavy (non-hydrogen) atoms. The van der Waals surface area contributed by atoms with Crippen molar-refractivity contribution in [3.63, 3.8) is 0 Å². The maximum absolute atomic E-state index is 12.2. The largest absolute Gasteiger partial charge is 0.343 e. The Balaban J connectivity index is 2.43. The van der Waals surface area contributed by atoms with E-state index in [-0.39, 0.29) is 30.3 Å². The first-order chi connectivity index (χ1) is 8.41. The van der Waals surface area contributed by atoms with Crippen molar-refractivity contribution in [3.8, 4) is 0 Å². The fourth-order valence-corrected chi connectivity index (χ4v) is 2.23. The molecular weight excluding hydrogens is 228 g/mol. The summed E-state index contributed by atoms with van der Waals surface area (Å²) in [5.41, 5.74) is 0. The molecule has 1 rings (SSSR count). The van der Waals surface area contributed by atoms with Crippen LogP contribution in [0.3, 0.4) is 0 Å². The summed E-state index contributed by atoms with van der Waals surface area (Å²) in [6.45, 7) is 9.27. The van der Waals surface area contributed by atoms with E-state index in [0.29, 0.717) is 12.5 Å². The van der Waals surface area contributed by atoms with E-state index < -0.39 is 0 Å². The number of rotatable bonds is 6. The summed E-state index contributed by atoms with van der Waals surface area (Å²) in [5, 5.41) is 2.77. The molecule has 0 aromatic rings. The average Bonchev–Trinajstić information content (AvgIpc) is 2.27. The van der Waals surface area contributed by atoms with Crippen molar-refractivity contribution in [3.05, 3.63) is 0 Å². The van der Waals surface area contributed by atoms with E-state index in [1.54, 1.807) is 4.90 Å². The van der Waals surface area contributed by atoms with Crippen LogP contribution < -0.4 is 5.32 Å². The maximum atomic E-state index is 12.2. The van der Waals surface area contributed by atoms with Crippen LogP contribution in [0, 0.1) is 11.8 Å². The number of hydrogen-bond donors (Lipinski definition) is 1. The lowest BCUT2D eigenvalue weighted by Gasteiger charge is -2.34. The highest BCUT2D eigenvalue weighted by Crippen LogP contribution is 2.13. The van der Waals surface area contributed by atoms with Crippen LogP contribution >= 0.6 is 0 Å². The molecule has 1 saturated heterocycles. The molecule has 2 amide bonds. The third-order valence-corrected chi connectivity index (χ3v) is 3.35. The lowest BCUT2D eigenvalue weighted by Crippen LogP contribution is -2.59. The van der Waals surface area contributed by atoms with Gasteiger partial charge in [0, 0.05) is 6.54 Å². The van der Waals surface area contributed by atoms with Gasteiger partial charge in [-0.25, -0.2) is 0 Å². The minimum atomic E-state index is -0.337. The van der Waals surface area contributed by atoms with Gasteiger partial charge in [0.15, 0.2) is 0 Å². The molecule has 0 aromatic heterocycles. The van der Waals surface area contributed by atoms with E-state index in [1.807, 2.05) is 13.8 Å². The normalized spacial score (nSPS) is 20.8. The number of carbonyl (C=O) groups excluding carboxylic acids is 2. The molecule has 4 nitrogen and oxygen atoms in total. The molecule has 0 aromatic carbocycles. The van der Waals surface area contributed by atoms with Crippen molar-refractivity contribution >= 4 is 11.8 Å². The van der Waals surface area contributed by atoms with Gasteiger partial charge in [0.05, 0.1) is 6.54 Å². The number of hydrogen-bond acceptors (Lipinski definition) is 2. The Bertz CT molecular complexity index is 300. The molecule has 4 heteroatoms. The molecule has 0 radical (unpaired) electrons. The van der Waals surface area contributed by atoms with Crippen LogP contribution in [0.2, 0.25) is 0 Å². The maximum Gasteiger partial charge on any atom is 0.245 e. The molecule has 0 saturated carbocycles. The van der Waals surface area contributed by atoms with Crippen molar-refractivity contribution in [2.75, 3.05) is 13.1 Å². The first kappa shape index (κ1) is 15.0. The molecular formula is C14H26N2O2.